The number of carbonyl (C=O) groups is 1. The van der Waals surface area contributed by atoms with E-state index in [1.807, 2.05) is 6.92 Å². The molecule has 3 rings (SSSR count). The Hall–Kier alpha value is -1.39. The fourth-order valence-electron chi connectivity index (χ4n) is 3.32. The van der Waals surface area contributed by atoms with E-state index in [0.717, 1.165) is 43.7 Å². The molecule has 0 spiro atoms. The molecule has 4 nitrogen and oxygen atoms in total. The fraction of sp³-hybridized carbons (Fsp3) is 0.611. The normalized spacial score (nSPS) is 20.2. The first-order valence-electron chi connectivity index (χ1n) is 8.43. The van der Waals surface area contributed by atoms with Gasteiger partial charge < -0.3 is 10.1 Å². The summed E-state index contributed by atoms with van der Waals surface area (Å²) >= 11 is 0. The van der Waals surface area contributed by atoms with Crippen LogP contribution in [-0.4, -0.2) is 43.2 Å². The van der Waals surface area contributed by atoms with Crippen LogP contribution in [0.25, 0.3) is 0 Å². The molecular weight excluding hydrogens is 276 g/mol. The summed E-state index contributed by atoms with van der Waals surface area (Å²) in [6, 6.07) is 6.55. The second kappa shape index (κ2) is 7.25. The largest absolute Gasteiger partial charge is 0.381 e. The Kier molecular flexibility index (Phi) is 5.11. The maximum absolute atomic E-state index is 12.6. The molecule has 0 saturated carbocycles. The molecule has 4 heteroatoms. The molecule has 0 atom stereocenters. The summed E-state index contributed by atoms with van der Waals surface area (Å²) in [5.41, 5.74) is 3.11. The summed E-state index contributed by atoms with van der Waals surface area (Å²) < 4.78 is 5.35. The number of hydrogen-bond donors (Lipinski definition) is 1. The number of nitrogens with one attached hydrogen (secondary N) is 1. The van der Waals surface area contributed by atoms with Gasteiger partial charge in [0, 0.05) is 31.4 Å². The second-order valence-corrected chi connectivity index (χ2v) is 6.49. The quantitative estimate of drug-likeness (QED) is 0.929. The third-order valence-electron chi connectivity index (χ3n) is 4.71. The summed E-state index contributed by atoms with van der Waals surface area (Å²) in [5, 5.41) is 3.16. The Morgan fingerprint density at radius 2 is 2.00 bits per heavy atom. The third kappa shape index (κ3) is 3.87. The van der Waals surface area contributed by atoms with Crippen molar-refractivity contribution in [2.75, 3.05) is 26.3 Å². The zero-order valence-electron chi connectivity index (χ0n) is 13.4. The Balaban J connectivity index is 1.66. The van der Waals surface area contributed by atoms with Crippen molar-refractivity contribution in [1.29, 1.82) is 0 Å². The maximum Gasteiger partial charge on any atom is 0.251 e. The maximum atomic E-state index is 12.6. The van der Waals surface area contributed by atoms with Gasteiger partial charge >= 0.3 is 0 Å². The highest BCUT2D eigenvalue weighted by molar-refractivity contribution is 5.96. The van der Waals surface area contributed by atoms with Crippen LogP contribution in [0.4, 0.5) is 0 Å². The van der Waals surface area contributed by atoms with Crippen LogP contribution in [-0.2, 0) is 11.3 Å². The molecule has 2 fully saturated rings. The third-order valence-corrected chi connectivity index (χ3v) is 4.71. The average Bonchev–Trinajstić information content (AvgIpc) is 3.03. The molecule has 120 valence electrons. The summed E-state index contributed by atoms with van der Waals surface area (Å²) in [6.07, 6.45) is 4.42. The van der Waals surface area contributed by atoms with E-state index in [0.29, 0.717) is 0 Å². The zero-order chi connectivity index (χ0) is 15.4. The van der Waals surface area contributed by atoms with Gasteiger partial charge in [0.15, 0.2) is 0 Å². The van der Waals surface area contributed by atoms with Crippen LogP contribution in [0.15, 0.2) is 18.2 Å². The number of benzene rings is 1. The van der Waals surface area contributed by atoms with Gasteiger partial charge in [-0.2, -0.15) is 0 Å². The number of hydrogen-bond acceptors (Lipinski definition) is 3. The van der Waals surface area contributed by atoms with Gasteiger partial charge in [-0.15, -0.1) is 0 Å². The molecule has 0 aromatic heterocycles. The Bertz CT molecular complexity index is 518. The lowest BCUT2D eigenvalue weighted by atomic mass is 10.0. The van der Waals surface area contributed by atoms with E-state index < -0.39 is 0 Å². The van der Waals surface area contributed by atoms with Crippen LogP contribution in [0.3, 0.4) is 0 Å². The summed E-state index contributed by atoms with van der Waals surface area (Å²) in [4.78, 5) is 15.0. The highest BCUT2D eigenvalue weighted by Gasteiger charge is 2.19. The second-order valence-electron chi connectivity index (χ2n) is 6.49. The number of nitrogens with zero attached hydrogens (tertiary/aromatic N) is 1. The smallest absolute Gasteiger partial charge is 0.251 e. The molecule has 2 saturated heterocycles. The molecule has 1 amide bonds. The first-order valence-corrected chi connectivity index (χ1v) is 8.43. The van der Waals surface area contributed by atoms with Gasteiger partial charge in [0.1, 0.15) is 0 Å². The van der Waals surface area contributed by atoms with Gasteiger partial charge in [-0.05, 0) is 62.9 Å². The zero-order valence-corrected chi connectivity index (χ0v) is 13.4. The van der Waals surface area contributed by atoms with Crippen molar-refractivity contribution in [1.82, 2.24) is 10.2 Å². The number of aryl methyl sites for hydroxylation is 1. The predicted octanol–water partition coefficient (Wildman–Crippen LogP) is 2.50. The minimum atomic E-state index is 0.0627. The first kappa shape index (κ1) is 15.5. The number of rotatable bonds is 4. The Morgan fingerprint density at radius 1 is 1.27 bits per heavy atom. The van der Waals surface area contributed by atoms with Crippen LogP contribution in [0, 0.1) is 6.92 Å². The predicted molar refractivity (Wildman–Crippen MR) is 87.0 cm³/mol. The van der Waals surface area contributed by atoms with Crippen molar-refractivity contribution >= 4 is 5.91 Å². The van der Waals surface area contributed by atoms with Gasteiger partial charge in [-0.3, -0.25) is 9.69 Å². The van der Waals surface area contributed by atoms with E-state index in [4.69, 9.17) is 4.74 Å². The SMILES string of the molecule is Cc1ccc(CN2CCCC2)cc1C(=O)NC1CCOCC1. The minimum absolute atomic E-state index is 0.0627. The van der Waals surface area contributed by atoms with Crippen LogP contribution in [0.1, 0.15) is 47.2 Å². The van der Waals surface area contributed by atoms with Gasteiger partial charge in [0.25, 0.3) is 5.91 Å². The molecule has 0 radical (unpaired) electrons. The lowest BCUT2D eigenvalue weighted by molar-refractivity contribution is 0.0696. The van der Waals surface area contributed by atoms with E-state index in [-0.39, 0.29) is 11.9 Å². The van der Waals surface area contributed by atoms with E-state index in [1.165, 1.54) is 31.5 Å². The van der Waals surface area contributed by atoms with E-state index >= 15 is 0 Å². The summed E-state index contributed by atoms with van der Waals surface area (Å²) in [7, 11) is 0. The highest BCUT2D eigenvalue weighted by Crippen LogP contribution is 2.17. The van der Waals surface area contributed by atoms with Crippen molar-refractivity contribution in [2.45, 2.75) is 45.2 Å². The number of likely N-dealkylation sites (tertiary alicyclic amines) is 1. The van der Waals surface area contributed by atoms with Gasteiger partial charge in [0.2, 0.25) is 0 Å². The molecule has 2 heterocycles. The minimum Gasteiger partial charge on any atom is -0.381 e. The molecular formula is C18H26N2O2. The first-order chi connectivity index (χ1) is 10.7. The topological polar surface area (TPSA) is 41.6 Å². The average molecular weight is 302 g/mol. The fourth-order valence-corrected chi connectivity index (χ4v) is 3.32. The standard InChI is InChI=1S/C18H26N2O2/c1-14-4-5-15(13-20-8-2-3-9-20)12-17(14)18(21)19-16-6-10-22-11-7-16/h4-5,12,16H,2-3,6-11,13H2,1H3,(H,19,21). The van der Waals surface area contributed by atoms with Crippen LogP contribution in [0.2, 0.25) is 0 Å². The lowest BCUT2D eigenvalue weighted by Crippen LogP contribution is -2.39. The molecule has 1 aromatic carbocycles. The van der Waals surface area contributed by atoms with Gasteiger partial charge in [-0.25, -0.2) is 0 Å². The van der Waals surface area contributed by atoms with E-state index in [1.54, 1.807) is 0 Å². The van der Waals surface area contributed by atoms with Crippen LogP contribution >= 0.6 is 0 Å². The van der Waals surface area contributed by atoms with Crippen molar-refractivity contribution in [3.8, 4) is 0 Å². The molecule has 22 heavy (non-hydrogen) atoms. The number of amides is 1. The van der Waals surface area contributed by atoms with Crippen molar-refractivity contribution in [3.05, 3.63) is 34.9 Å². The van der Waals surface area contributed by atoms with E-state index in [9.17, 15) is 4.79 Å². The van der Waals surface area contributed by atoms with Crippen molar-refractivity contribution in [2.24, 2.45) is 0 Å². The van der Waals surface area contributed by atoms with Gasteiger partial charge in [0.05, 0.1) is 0 Å². The monoisotopic (exact) mass is 302 g/mol. The van der Waals surface area contributed by atoms with Crippen molar-refractivity contribution < 1.29 is 9.53 Å². The Labute approximate surface area is 132 Å². The highest BCUT2D eigenvalue weighted by atomic mass is 16.5. The molecule has 1 N–H and O–H groups in total. The summed E-state index contributed by atoms with van der Waals surface area (Å²) in [5.74, 6) is 0.0627. The number of carbonyl (C=O) groups excluding carboxylic acids is 1. The molecule has 0 bridgehead atoms. The van der Waals surface area contributed by atoms with Crippen molar-refractivity contribution in [3.63, 3.8) is 0 Å². The number of ether oxygens (including phenoxy) is 1. The molecule has 2 aliphatic rings. The molecule has 0 unspecified atom stereocenters. The molecule has 2 aliphatic heterocycles. The van der Waals surface area contributed by atoms with Crippen LogP contribution < -0.4 is 5.32 Å². The molecule has 0 aliphatic carbocycles. The van der Waals surface area contributed by atoms with Crippen LogP contribution in [0.5, 0.6) is 0 Å². The lowest BCUT2D eigenvalue weighted by Gasteiger charge is -2.23. The molecule has 1 aromatic rings. The summed E-state index contributed by atoms with van der Waals surface area (Å²) in [6.45, 7) is 6.82. The van der Waals surface area contributed by atoms with E-state index in [2.05, 4.69) is 28.4 Å². The van der Waals surface area contributed by atoms with Gasteiger partial charge in [-0.1, -0.05) is 12.1 Å². The Morgan fingerprint density at radius 3 is 2.73 bits per heavy atom.